The van der Waals surface area contributed by atoms with Gasteiger partial charge < -0.3 is 10.2 Å². The SMILES string of the molecule is Cc1c(-c2ccnn2-c2ccc(C#N)cc2)n(C(=O)NCC2CCC(N(C)C)CC2)c(=O)n1-c1cccc(C(F)(F)F)c1. The van der Waals surface area contributed by atoms with Gasteiger partial charge in [-0.25, -0.2) is 18.8 Å². The van der Waals surface area contributed by atoms with Crippen molar-refractivity contribution >= 4 is 6.03 Å². The summed E-state index contributed by atoms with van der Waals surface area (Å²) in [5.74, 6) is 0.245. The van der Waals surface area contributed by atoms with Crippen molar-refractivity contribution in [1.29, 1.82) is 5.26 Å². The number of aromatic nitrogens is 4. The third-order valence-corrected chi connectivity index (χ3v) is 8.13. The molecule has 1 N–H and O–H groups in total. The third-order valence-electron chi connectivity index (χ3n) is 8.13. The minimum absolute atomic E-state index is 0.0171. The lowest BCUT2D eigenvalue weighted by Crippen LogP contribution is -2.41. The Bertz CT molecular complexity index is 1720. The maximum atomic E-state index is 13.9. The van der Waals surface area contributed by atoms with E-state index in [0.717, 1.165) is 47.0 Å². The first-order valence-corrected chi connectivity index (χ1v) is 14.0. The normalized spacial score (nSPS) is 17.2. The number of alkyl halides is 3. The van der Waals surface area contributed by atoms with E-state index < -0.39 is 23.5 Å². The molecule has 1 aliphatic rings. The van der Waals surface area contributed by atoms with Crippen molar-refractivity contribution in [1.82, 2.24) is 29.1 Å². The first-order chi connectivity index (χ1) is 20.5. The zero-order valence-electron chi connectivity index (χ0n) is 24.1. The van der Waals surface area contributed by atoms with Crippen LogP contribution >= 0.6 is 0 Å². The van der Waals surface area contributed by atoms with Gasteiger partial charge in [-0.1, -0.05) is 6.07 Å². The Morgan fingerprint density at radius 1 is 1.07 bits per heavy atom. The van der Waals surface area contributed by atoms with Crippen LogP contribution in [0.5, 0.6) is 0 Å². The van der Waals surface area contributed by atoms with Crippen molar-refractivity contribution in [2.24, 2.45) is 5.92 Å². The largest absolute Gasteiger partial charge is 0.416 e. The van der Waals surface area contributed by atoms with E-state index >= 15 is 0 Å². The summed E-state index contributed by atoms with van der Waals surface area (Å²) in [5, 5.41) is 16.5. The molecule has 0 radical (unpaired) electrons. The number of imidazole rings is 1. The number of carbonyl (C=O) groups excluding carboxylic acids is 1. The molecule has 1 aliphatic carbocycles. The van der Waals surface area contributed by atoms with E-state index in [0.29, 0.717) is 29.5 Å². The summed E-state index contributed by atoms with van der Waals surface area (Å²) in [6.45, 7) is 1.95. The minimum Gasteiger partial charge on any atom is -0.337 e. The molecular weight excluding hydrogens is 559 g/mol. The molecule has 1 fully saturated rings. The summed E-state index contributed by atoms with van der Waals surface area (Å²) >= 11 is 0. The lowest BCUT2D eigenvalue weighted by molar-refractivity contribution is -0.137. The maximum Gasteiger partial charge on any atom is 0.416 e. The molecule has 43 heavy (non-hydrogen) atoms. The van der Waals surface area contributed by atoms with Gasteiger partial charge in [-0.3, -0.25) is 4.57 Å². The van der Waals surface area contributed by atoms with Gasteiger partial charge in [-0.15, -0.1) is 0 Å². The fourth-order valence-electron chi connectivity index (χ4n) is 5.76. The lowest BCUT2D eigenvalue weighted by Gasteiger charge is -2.32. The van der Waals surface area contributed by atoms with Gasteiger partial charge in [0.1, 0.15) is 5.69 Å². The highest BCUT2D eigenvalue weighted by Gasteiger charge is 2.32. The van der Waals surface area contributed by atoms with Gasteiger partial charge in [0.15, 0.2) is 0 Å². The van der Waals surface area contributed by atoms with Crippen LogP contribution in [0.4, 0.5) is 18.0 Å². The molecule has 0 saturated heterocycles. The third kappa shape index (κ3) is 5.99. The van der Waals surface area contributed by atoms with Gasteiger partial charge in [0.2, 0.25) is 0 Å². The number of benzene rings is 2. The highest BCUT2D eigenvalue weighted by Crippen LogP contribution is 2.32. The minimum atomic E-state index is -4.61. The van der Waals surface area contributed by atoms with Crippen LogP contribution in [0.2, 0.25) is 0 Å². The number of carbonyl (C=O) groups is 1. The number of nitrogens with zero attached hydrogens (tertiary/aromatic N) is 6. The number of rotatable bonds is 6. The predicted octanol–water partition coefficient (Wildman–Crippen LogP) is 5.37. The van der Waals surface area contributed by atoms with Crippen molar-refractivity contribution in [3.05, 3.63) is 88.1 Å². The summed E-state index contributed by atoms with van der Waals surface area (Å²) in [4.78, 5) is 29.9. The standard InChI is InChI=1S/C31H32F3N7O2/c1-20-28(27-15-16-37-41(27)25-13-7-21(18-35)8-14-25)40(29(42)36-19-22-9-11-24(12-10-22)38(2)3)30(43)39(20)26-6-4-5-23(17-26)31(32,33)34/h4-8,13-17,22,24H,9-12,19H2,1-3H3,(H,36,42). The lowest BCUT2D eigenvalue weighted by atomic mass is 9.85. The zero-order chi connectivity index (χ0) is 30.9. The number of hydrogen-bond acceptors (Lipinski definition) is 5. The van der Waals surface area contributed by atoms with E-state index in [1.54, 1.807) is 37.3 Å². The van der Waals surface area contributed by atoms with Gasteiger partial charge in [-0.2, -0.15) is 23.5 Å². The van der Waals surface area contributed by atoms with Gasteiger partial charge >= 0.3 is 17.9 Å². The van der Waals surface area contributed by atoms with E-state index in [2.05, 4.69) is 35.5 Å². The second kappa shape index (κ2) is 11.9. The highest BCUT2D eigenvalue weighted by molar-refractivity contribution is 5.83. The van der Waals surface area contributed by atoms with Crippen LogP contribution in [0, 0.1) is 24.2 Å². The van der Waals surface area contributed by atoms with E-state index in [9.17, 15) is 28.0 Å². The van der Waals surface area contributed by atoms with Crippen molar-refractivity contribution in [2.45, 2.75) is 44.8 Å². The molecule has 4 aromatic rings. The summed E-state index contributed by atoms with van der Waals surface area (Å²) in [6.07, 6.45) is 0.767. The van der Waals surface area contributed by atoms with Gasteiger partial charge in [0, 0.05) is 12.6 Å². The first kappa shape index (κ1) is 29.8. The van der Waals surface area contributed by atoms with Gasteiger partial charge in [0.05, 0.1) is 46.2 Å². The van der Waals surface area contributed by atoms with Crippen LogP contribution in [-0.4, -0.2) is 56.5 Å². The number of nitriles is 1. The number of halogens is 3. The van der Waals surface area contributed by atoms with E-state index in [-0.39, 0.29) is 23.0 Å². The number of amides is 1. The topological polar surface area (TPSA) is 101 Å². The van der Waals surface area contributed by atoms with Crippen molar-refractivity contribution < 1.29 is 18.0 Å². The Labute approximate surface area is 246 Å². The number of hydrogen-bond donors (Lipinski definition) is 1. The Morgan fingerprint density at radius 3 is 2.40 bits per heavy atom. The molecule has 2 aromatic heterocycles. The molecule has 224 valence electrons. The molecule has 1 amide bonds. The smallest absolute Gasteiger partial charge is 0.337 e. The summed E-state index contributed by atoms with van der Waals surface area (Å²) in [7, 11) is 4.11. The molecule has 0 spiro atoms. The Morgan fingerprint density at radius 2 is 1.77 bits per heavy atom. The van der Waals surface area contributed by atoms with E-state index in [1.165, 1.54) is 23.0 Å². The second-order valence-electron chi connectivity index (χ2n) is 11.0. The molecule has 5 rings (SSSR count). The Hall–Kier alpha value is -4.63. The summed E-state index contributed by atoms with van der Waals surface area (Å²) in [5.41, 5.74) is 0.129. The molecule has 0 bridgehead atoms. The van der Waals surface area contributed by atoms with Crippen LogP contribution in [-0.2, 0) is 6.18 Å². The van der Waals surface area contributed by atoms with Crippen molar-refractivity contribution in [2.75, 3.05) is 20.6 Å². The van der Waals surface area contributed by atoms with Crippen molar-refractivity contribution in [3.63, 3.8) is 0 Å². The van der Waals surface area contributed by atoms with Gasteiger partial charge in [0.25, 0.3) is 0 Å². The molecule has 1 saturated carbocycles. The second-order valence-corrected chi connectivity index (χ2v) is 11.0. The maximum absolute atomic E-state index is 13.9. The molecule has 12 heteroatoms. The monoisotopic (exact) mass is 591 g/mol. The fraction of sp³-hybridized carbons (Fsp3) is 0.355. The molecule has 2 heterocycles. The Balaban J connectivity index is 1.58. The molecular formula is C31H32F3N7O2. The molecule has 2 aromatic carbocycles. The quantitative estimate of drug-likeness (QED) is 0.325. The van der Waals surface area contributed by atoms with E-state index in [1.807, 2.05) is 0 Å². The average Bonchev–Trinajstić information content (AvgIpc) is 3.57. The fourth-order valence-corrected chi connectivity index (χ4v) is 5.76. The van der Waals surface area contributed by atoms with Crippen LogP contribution in [0.1, 0.15) is 42.5 Å². The van der Waals surface area contributed by atoms with Crippen LogP contribution in [0.25, 0.3) is 22.8 Å². The first-order valence-electron chi connectivity index (χ1n) is 14.0. The molecule has 0 unspecified atom stereocenters. The van der Waals surface area contributed by atoms with Crippen LogP contribution in [0.3, 0.4) is 0 Å². The van der Waals surface area contributed by atoms with Gasteiger partial charge in [-0.05, 0) is 101 Å². The van der Waals surface area contributed by atoms with E-state index in [4.69, 9.17) is 0 Å². The highest BCUT2D eigenvalue weighted by atomic mass is 19.4. The predicted molar refractivity (Wildman–Crippen MR) is 155 cm³/mol. The molecule has 0 atom stereocenters. The van der Waals surface area contributed by atoms with Crippen LogP contribution in [0.15, 0.2) is 65.6 Å². The Kier molecular flexibility index (Phi) is 8.28. The number of nitrogens with one attached hydrogen (secondary N) is 1. The van der Waals surface area contributed by atoms with Crippen LogP contribution < -0.4 is 11.0 Å². The zero-order valence-corrected chi connectivity index (χ0v) is 24.1. The summed E-state index contributed by atoms with van der Waals surface area (Å²) in [6, 6.07) is 14.6. The average molecular weight is 592 g/mol. The molecule has 0 aliphatic heterocycles. The van der Waals surface area contributed by atoms with Crippen molar-refractivity contribution in [3.8, 4) is 28.8 Å². The summed E-state index contributed by atoms with van der Waals surface area (Å²) < 4.78 is 44.3. The molecule has 9 nitrogen and oxygen atoms in total.